The van der Waals surface area contributed by atoms with Crippen molar-refractivity contribution in [2.45, 2.75) is 13.0 Å². The Morgan fingerprint density at radius 3 is 2.52 bits per heavy atom. The molecule has 0 spiro atoms. The molecule has 0 saturated carbocycles. The molecule has 0 aliphatic heterocycles. The van der Waals surface area contributed by atoms with Gasteiger partial charge in [0.25, 0.3) is 5.91 Å². The van der Waals surface area contributed by atoms with Gasteiger partial charge in [0.1, 0.15) is 5.82 Å². The molecule has 0 radical (unpaired) electrons. The number of amides is 2. The number of methoxy groups -OCH3 is 1. The second-order valence-electron chi connectivity index (χ2n) is 5.78. The molecule has 1 atom stereocenters. The molecule has 2 aromatic rings. The number of nitrogens with one attached hydrogen (secondary N) is 1. The molecule has 0 aromatic heterocycles. The number of rotatable bonds is 8. The summed E-state index contributed by atoms with van der Waals surface area (Å²) >= 11 is 0. The van der Waals surface area contributed by atoms with Crippen LogP contribution < -0.4 is 20.5 Å². The van der Waals surface area contributed by atoms with E-state index in [-0.39, 0.29) is 24.4 Å². The van der Waals surface area contributed by atoms with E-state index < -0.39 is 5.91 Å². The standard InChI is InChI=1S/C20H21FN2O4/c1-13(15-5-7-16(21)8-6-15)23-20(25)10-4-14-3-9-17(18(11-14)26-2)27-12-19(22)24/h3-11,13H,12H2,1-2H3,(H2,22,24)(H,23,25)/b10-4+. The maximum absolute atomic E-state index is 13.0. The van der Waals surface area contributed by atoms with E-state index in [0.29, 0.717) is 17.1 Å². The Kier molecular flexibility index (Phi) is 6.93. The molecular formula is C20H21FN2O4. The first kappa shape index (κ1) is 20.0. The lowest BCUT2D eigenvalue weighted by atomic mass is 10.1. The van der Waals surface area contributed by atoms with Gasteiger partial charge in [-0.25, -0.2) is 4.39 Å². The van der Waals surface area contributed by atoms with Crippen molar-refractivity contribution in [2.24, 2.45) is 5.73 Å². The highest BCUT2D eigenvalue weighted by atomic mass is 19.1. The van der Waals surface area contributed by atoms with Crippen LogP contribution in [0.4, 0.5) is 4.39 Å². The summed E-state index contributed by atoms with van der Waals surface area (Å²) in [5.74, 6) is -0.413. The van der Waals surface area contributed by atoms with Crippen molar-refractivity contribution in [3.8, 4) is 11.5 Å². The molecule has 27 heavy (non-hydrogen) atoms. The number of nitrogens with two attached hydrogens (primary N) is 1. The van der Waals surface area contributed by atoms with Crippen molar-refractivity contribution in [2.75, 3.05) is 13.7 Å². The van der Waals surface area contributed by atoms with E-state index in [0.717, 1.165) is 5.56 Å². The number of carbonyl (C=O) groups excluding carboxylic acids is 2. The molecule has 0 aliphatic carbocycles. The minimum absolute atomic E-state index is 0.255. The fourth-order valence-corrected chi connectivity index (χ4v) is 2.32. The van der Waals surface area contributed by atoms with Gasteiger partial charge in [-0.1, -0.05) is 18.2 Å². The molecule has 0 aliphatic rings. The molecule has 2 rings (SSSR count). The zero-order chi connectivity index (χ0) is 19.8. The van der Waals surface area contributed by atoms with Crippen LogP contribution in [0.3, 0.4) is 0 Å². The Balaban J connectivity index is 2.00. The molecule has 1 unspecified atom stereocenters. The zero-order valence-corrected chi connectivity index (χ0v) is 15.1. The Hall–Kier alpha value is -3.35. The lowest BCUT2D eigenvalue weighted by molar-refractivity contribution is -0.120. The van der Waals surface area contributed by atoms with E-state index in [9.17, 15) is 14.0 Å². The molecule has 2 amide bonds. The average molecular weight is 372 g/mol. The second-order valence-corrected chi connectivity index (χ2v) is 5.78. The summed E-state index contributed by atoms with van der Waals surface area (Å²) in [7, 11) is 1.47. The van der Waals surface area contributed by atoms with E-state index in [1.165, 1.54) is 25.3 Å². The molecule has 0 saturated heterocycles. The van der Waals surface area contributed by atoms with Crippen LogP contribution in [0.2, 0.25) is 0 Å². The van der Waals surface area contributed by atoms with Gasteiger partial charge in [-0.05, 0) is 48.4 Å². The molecule has 0 bridgehead atoms. The van der Waals surface area contributed by atoms with Gasteiger partial charge in [0.15, 0.2) is 18.1 Å². The summed E-state index contributed by atoms with van der Waals surface area (Å²) in [6.07, 6.45) is 3.01. The summed E-state index contributed by atoms with van der Waals surface area (Å²) < 4.78 is 23.4. The topological polar surface area (TPSA) is 90.7 Å². The first-order chi connectivity index (χ1) is 12.9. The minimum Gasteiger partial charge on any atom is -0.493 e. The van der Waals surface area contributed by atoms with E-state index >= 15 is 0 Å². The number of benzene rings is 2. The van der Waals surface area contributed by atoms with Crippen LogP contribution >= 0.6 is 0 Å². The number of hydrogen-bond donors (Lipinski definition) is 2. The summed E-state index contributed by atoms with van der Waals surface area (Å²) in [5, 5.41) is 2.80. The van der Waals surface area contributed by atoms with Gasteiger partial charge in [-0.2, -0.15) is 0 Å². The van der Waals surface area contributed by atoms with Crippen molar-refractivity contribution in [3.05, 3.63) is 65.5 Å². The molecular weight excluding hydrogens is 351 g/mol. The van der Waals surface area contributed by atoms with Gasteiger partial charge in [-0.3, -0.25) is 9.59 Å². The van der Waals surface area contributed by atoms with Crippen LogP contribution in [0.5, 0.6) is 11.5 Å². The third-order valence-corrected chi connectivity index (χ3v) is 3.71. The first-order valence-electron chi connectivity index (χ1n) is 8.22. The highest BCUT2D eigenvalue weighted by Crippen LogP contribution is 2.28. The molecule has 0 heterocycles. The number of halogens is 1. The average Bonchev–Trinajstić information content (AvgIpc) is 2.65. The van der Waals surface area contributed by atoms with Crippen molar-refractivity contribution in [1.82, 2.24) is 5.32 Å². The fraction of sp³-hybridized carbons (Fsp3) is 0.200. The predicted molar refractivity (Wildman–Crippen MR) is 99.7 cm³/mol. The Morgan fingerprint density at radius 1 is 1.19 bits per heavy atom. The predicted octanol–water partition coefficient (Wildman–Crippen LogP) is 2.59. The number of primary amides is 1. The van der Waals surface area contributed by atoms with Crippen molar-refractivity contribution >= 4 is 17.9 Å². The minimum atomic E-state index is -0.590. The van der Waals surface area contributed by atoms with E-state index in [4.69, 9.17) is 15.2 Å². The van der Waals surface area contributed by atoms with Gasteiger partial charge in [-0.15, -0.1) is 0 Å². The summed E-state index contributed by atoms with van der Waals surface area (Å²) in [4.78, 5) is 22.9. The van der Waals surface area contributed by atoms with Gasteiger partial charge in [0, 0.05) is 6.08 Å². The van der Waals surface area contributed by atoms with E-state index in [1.807, 2.05) is 6.92 Å². The Bertz CT molecular complexity index is 834. The van der Waals surface area contributed by atoms with Crippen LogP contribution in [-0.2, 0) is 9.59 Å². The largest absolute Gasteiger partial charge is 0.493 e. The molecule has 7 heteroatoms. The third-order valence-electron chi connectivity index (χ3n) is 3.71. The van der Waals surface area contributed by atoms with Crippen molar-refractivity contribution in [1.29, 1.82) is 0 Å². The van der Waals surface area contributed by atoms with Crippen molar-refractivity contribution < 1.29 is 23.5 Å². The molecule has 142 valence electrons. The third kappa shape index (κ3) is 6.14. The molecule has 3 N–H and O–H groups in total. The summed E-state index contributed by atoms with van der Waals surface area (Å²) in [6.45, 7) is 1.56. The van der Waals surface area contributed by atoms with Gasteiger partial charge in [0.2, 0.25) is 5.91 Å². The highest BCUT2D eigenvalue weighted by Gasteiger charge is 2.09. The second kappa shape index (κ2) is 9.38. The van der Waals surface area contributed by atoms with E-state index in [1.54, 1.807) is 36.4 Å². The maximum atomic E-state index is 13.0. The lowest BCUT2D eigenvalue weighted by Crippen LogP contribution is -2.24. The van der Waals surface area contributed by atoms with Crippen LogP contribution in [0.1, 0.15) is 24.1 Å². The number of carbonyl (C=O) groups is 2. The van der Waals surface area contributed by atoms with Gasteiger partial charge >= 0.3 is 0 Å². The van der Waals surface area contributed by atoms with E-state index in [2.05, 4.69) is 5.32 Å². The van der Waals surface area contributed by atoms with Gasteiger partial charge < -0.3 is 20.5 Å². The maximum Gasteiger partial charge on any atom is 0.255 e. The van der Waals surface area contributed by atoms with Crippen molar-refractivity contribution in [3.63, 3.8) is 0 Å². The fourth-order valence-electron chi connectivity index (χ4n) is 2.32. The summed E-state index contributed by atoms with van der Waals surface area (Å²) in [5.41, 5.74) is 6.57. The van der Waals surface area contributed by atoms with Crippen LogP contribution in [0.15, 0.2) is 48.5 Å². The Labute approximate surface area is 156 Å². The molecule has 6 nitrogen and oxygen atoms in total. The van der Waals surface area contributed by atoms with Crippen LogP contribution in [-0.4, -0.2) is 25.5 Å². The zero-order valence-electron chi connectivity index (χ0n) is 15.1. The SMILES string of the molecule is COc1cc(/C=C/C(=O)NC(C)c2ccc(F)cc2)ccc1OCC(N)=O. The number of hydrogen-bond acceptors (Lipinski definition) is 4. The molecule has 0 fully saturated rings. The summed E-state index contributed by atoms with van der Waals surface area (Å²) in [6, 6.07) is 10.7. The number of ether oxygens (including phenoxy) is 2. The monoisotopic (exact) mass is 372 g/mol. The normalized spacial score (nSPS) is 11.8. The highest BCUT2D eigenvalue weighted by molar-refractivity contribution is 5.92. The first-order valence-corrected chi connectivity index (χ1v) is 8.22. The van der Waals surface area contributed by atoms with Gasteiger partial charge in [0.05, 0.1) is 13.2 Å². The quantitative estimate of drug-likeness (QED) is 0.697. The van der Waals surface area contributed by atoms with Crippen LogP contribution in [0, 0.1) is 5.82 Å². The lowest BCUT2D eigenvalue weighted by Gasteiger charge is -2.13. The van der Waals surface area contributed by atoms with Crippen LogP contribution in [0.25, 0.3) is 6.08 Å². The Morgan fingerprint density at radius 2 is 1.89 bits per heavy atom. The molecule has 2 aromatic carbocycles. The smallest absolute Gasteiger partial charge is 0.255 e.